The molecule has 2 N–H and O–H groups in total. The van der Waals surface area contributed by atoms with Crippen LogP contribution in [0.1, 0.15) is 13.3 Å². The Bertz CT molecular complexity index is 383. The summed E-state index contributed by atoms with van der Waals surface area (Å²) in [4.78, 5) is 2.25. The number of fused-ring (bicyclic) bond motifs is 1. The Morgan fingerprint density at radius 2 is 2.25 bits per heavy atom. The molecule has 3 nitrogen and oxygen atoms in total. The normalized spacial score (nSPS) is 23.9. The molecule has 0 bridgehead atoms. The van der Waals surface area contributed by atoms with Crippen molar-refractivity contribution in [3.8, 4) is 5.75 Å². The van der Waals surface area contributed by atoms with E-state index in [9.17, 15) is 0 Å². The van der Waals surface area contributed by atoms with Crippen molar-refractivity contribution in [2.45, 2.75) is 25.5 Å². The van der Waals surface area contributed by atoms with Crippen LogP contribution in [0.4, 0.5) is 5.69 Å². The molecule has 0 amide bonds. The molecule has 88 valence electrons. The van der Waals surface area contributed by atoms with Crippen molar-refractivity contribution in [2.75, 3.05) is 18.5 Å². The number of rotatable bonds is 2. The lowest BCUT2D eigenvalue weighted by Crippen LogP contribution is -2.46. The number of hydrogen-bond donors (Lipinski definition) is 1. The molecular formula is C12H17BrN2O. The van der Waals surface area contributed by atoms with Gasteiger partial charge in [0.25, 0.3) is 0 Å². The number of nitrogens with zero attached hydrogens (tertiary/aromatic N) is 1. The van der Waals surface area contributed by atoms with E-state index in [-0.39, 0.29) is 6.10 Å². The number of hydrogen-bond acceptors (Lipinski definition) is 3. The van der Waals surface area contributed by atoms with Gasteiger partial charge in [-0.05, 0) is 38.1 Å². The third-order valence-corrected chi connectivity index (χ3v) is 3.67. The van der Waals surface area contributed by atoms with Crippen molar-refractivity contribution in [1.29, 1.82) is 0 Å². The molecule has 0 aromatic heterocycles. The van der Waals surface area contributed by atoms with Crippen LogP contribution in [0.15, 0.2) is 22.7 Å². The average molecular weight is 285 g/mol. The zero-order valence-electron chi connectivity index (χ0n) is 9.61. The Labute approximate surface area is 105 Å². The third-order valence-electron chi connectivity index (χ3n) is 3.18. The van der Waals surface area contributed by atoms with Crippen LogP contribution in [0.2, 0.25) is 0 Å². The summed E-state index contributed by atoms with van der Waals surface area (Å²) < 4.78 is 7.04. The van der Waals surface area contributed by atoms with Crippen LogP contribution < -0.4 is 15.4 Å². The molecular weight excluding hydrogens is 268 g/mol. The lowest BCUT2D eigenvalue weighted by atomic mass is 10.0. The number of halogens is 1. The minimum Gasteiger partial charge on any atom is -0.486 e. The fraction of sp³-hybridized carbons (Fsp3) is 0.500. The van der Waals surface area contributed by atoms with Gasteiger partial charge in [0.2, 0.25) is 0 Å². The second kappa shape index (κ2) is 4.63. The van der Waals surface area contributed by atoms with Gasteiger partial charge in [-0.25, -0.2) is 0 Å². The van der Waals surface area contributed by atoms with Gasteiger partial charge >= 0.3 is 0 Å². The molecule has 0 radical (unpaired) electrons. The van der Waals surface area contributed by atoms with Crippen molar-refractivity contribution in [3.63, 3.8) is 0 Å². The van der Waals surface area contributed by atoms with Gasteiger partial charge in [0.05, 0.1) is 11.7 Å². The van der Waals surface area contributed by atoms with Gasteiger partial charge in [-0.15, -0.1) is 0 Å². The summed E-state index contributed by atoms with van der Waals surface area (Å²) in [6.45, 7) is 2.83. The first-order chi connectivity index (χ1) is 7.63. The Hall–Kier alpha value is -0.740. The predicted molar refractivity (Wildman–Crippen MR) is 70.1 cm³/mol. The van der Waals surface area contributed by atoms with E-state index in [0.29, 0.717) is 12.6 Å². The van der Waals surface area contributed by atoms with Gasteiger partial charge in [-0.1, -0.05) is 15.9 Å². The number of nitrogens with two attached hydrogens (primary N) is 1. The highest BCUT2D eigenvalue weighted by Crippen LogP contribution is 2.37. The number of ether oxygens (including phenoxy) is 1. The Morgan fingerprint density at radius 1 is 1.50 bits per heavy atom. The highest BCUT2D eigenvalue weighted by atomic mass is 79.9. The molecule has 1 aliphatic heterocycles. The first-order valence-electron chi connectivity index (χ1n) is 5.52. The number of likely N-dealkylation sites (N-methyl/N-ethyl adjacent to an activating group) is 1. The predicted octanol–water partition coefficient (Wildman–Crippen LogP) is 2.38. The van der Waals surface area contributed by atoms with Gasteiger partial charge in [-0.3, -0.25) is 0 Å². The first-order valence-corrected chi connectivity index (χ1v) is 6.32. The molecule has 16 heavy (non-hydrogen) atoms. The van der Waals surface area contributed by atoms with Crippen LogP contribution in [0.5, 0.6) is 5.75 Å². The summed E-state index contributed by atoms with van der Waals surface area (Å²) in [6, 6.07) is 6.45. The third kappa shape index (κ3) is 2.04. The van der Waals surface area contributed by atoms with Crippen molar-refractivity contribution in [3.05, 3.63) is 22.7 Å². The zero-order chi connectivity index (χ0) is 11.7. The summed E-state index contributed by atoms with van der Waals surface area (Å²) in [5, 5.41) is 0. The molecule has 1 aromatic carbocycles. The van der Waals surface area contributed by atoms with Crippen LogP contribution in [0, 0.1) is 0 Å². The monoisotopic (exact) mass is 284 g/mol. The van der Waals surface area contributed by atoms with Gasteiger partial charge in [-0.2, -0.15) is 0 Å². The van der Waals surface area contributed by atoms with Gasteiger partial charge in [0, 0.05) is 11.5 Å². The molecule has 0 spiro atoms. The fourth-order valence-corrected chi connectivity index (χ4v) is 2.41. The molecule has 0 saturated heterocycles. The van der Waals surface area contributed by atoms with E-state index in [2.05, 4.69) is 40.9 Å². The molecule has 2 atom stereocenters. The van der Waals surface area contributed by atoms with Crippen molar-refractivity contribution < 1.29 is 4.74 Å². The van der Waals surface area contributed by atoms with Crippen LogP contribution in [-0.2, 0) is 0 Å². The summed E-state index contributed by atoms with van der Waals surface area (Å²) in [6.07, 6.45) is 1.07. The molecule has 1 aliphatic rings. The summed E-state index contributed by atoms with van der Waals surface area (Å²) >= 11 is 3.48. The Balaban J connectivity index is 2.32. The maximum Gasteiger partial charge on any atom is 0.143 e. The minimum absolute atomic E-state index is 0.184. The van der Waals surface area contributed by atoms with Crippen LogP contribution in [0.3, 0.4) is 0 Å². The van der Waals surface area contributed by atoms with Crippen LogP contribution >= 0.6 is 15.9 Å². The quantitative estimate of drug-likeness (QED) is 0.906. The van der Waals surface area contributed by atoms with E-state index in [1.807, 2.05) is 12.1 Å². The summed E-state index contributed by atoms with van der Waals surface area (Å²) in [5.41, 5.74) is 6.74. The Kier molecular flexibility index (Phi) is 3.40. The standard InChI is InChI=1S/C12H17BrN2O/c1-8-11(5-6-14)16-12-4-3-9(13)7-10(12)15(8)2/h3-4,7-8,11H,5-6,14H2,1-2H3. The first kappa shape index (κ1) is 11.7. The van der Waals surface area contributed by atoms with Crippen LogP contribution in [-0.4, -0.2) is 25.7 Å². The van der Waals surface area contributed by atoms with E-state index in [0.717, 1.165) is 22.3 Å². The summed E-state index contributed by atoms with van der Waals surface area (Å²) in [5.74, 6) is 0.947. The molecule has 1 heterocycles. The number of anilines is 1. The lowest BCUT2D eigenvalue weighted by Gasteiger charge is -2.39. The SMILES string of the molecule is CC1C(CCN)Oc2ccc(Br)cc2N1C. The second-order valence-corrected chi connectivity index (χ2v) is 5.11. The van der Waals surface area contributed by atoms with Crippen molar-refractivity contribution >= 4 is 21.6 Å². The maximum absolute atomic E-state index is 5.97. The van der Waals surface area contributed by atoms with Gasteiger partial charge in [0.15, 0.2) is 0 Å². The minimum atomic E-state index is 0.184. The smallest absolute Gasteiger partial charge is 0.143 e. The van der Waals surface area contributed by atoms with E-state index in [4.69, 9.17) is 10.5 Å². The van der Waals surface area contributed by atoms with E-state index < -0.39 is 0 Å². The molecule has 0 saturated carbocycles. The molecule has 0 fully saturated rings. The van der Waals surface area contributed by atoms with E-state index >= 15 is 0 Å². The summed E-state index contributed by atoms with van der Waals surface area (Å²) in [7, 11) is 2.10. The topological polar surface area (TPSA) is 38.5 Å². The highest BCUT2D eigenvalue weighted by molar-refractivity contribution is 9.10. The molecule has 4 heteroatoms. The Morgan fingerprint density at radius 3 is 2.94 bits per heavy atom. The average Bonchev–Trinajstić information content (AvgIpc) is 2.27. The highest BCUT2D eigenvalue weighted by Gasteiger charge is 2.29. The maximum atomic E-state index is 5.97. The molecule has 2 rings (SSSR count). The van der Waals surface area contributed by atoms with Crippen molar-refractivity contribution in [2.24, 2.45) is 5.73 Å². The van der Waals surface area contributed by atoms with Crippen molar-refractivity contribution in [1.82, 2.24) is 0 Å². The second-order valence-electron chi connectivity index (χ2n) is 4.20. The zero-order valence-corrected chi connectivity index (χ0v) is 11.2. The van der Waals surface area contributed by atoms with E-state index in [1.54, 1.807) is 0 Å². The van der Waals surface area contributed by atoms with Crippen LogP contribution in [0.25, 0.3) is 0 Å². The fourth-order valence-electron chi connectivity index (χ4n) is 2.06. The molecule has 1 aromatic rings. The molecule has 0 aliphatic carbocycles. The van der Waals surface area contributed by atoms with E-state index in [1.165, 1.54) is 0 Å². The molecule has 2 unspecified atom stereocenters. The lowest BCUT2D eigenvalue weighted by molar-refractivity contribution is 0.154. The van der Waals surface area contributed by atoms with Gasteiger partial charge < -0.3 is 15.4 Å². The number of benzene rings is 1. The van der Waals surface area contributed by atoms with Gasteiger partial charge in [0.1, 0.15) is 11.9 Å². The largest absolute Gasteiger partial charge is 0.486 e.